The molecule has 0 saturated heterocycles. The first kappa shape index (κ1) is 65.0. The van der Waals surface area contributed by atoms with E-state index in [-0.39, 0.29) is 58.3 Å². The van der Waals surface area contributed by atoms with Gasteiger partial charge in [0.2, 0.25) is 21.1 Å². The molecule has 0 amide bonds. The van der Waals surface area contributed by atoms with E-state index in [1.165, 1.54) is 42.4 Å². The maximum absolute atomic E-state index is 11.4. The van der Waals surface area contributed by atoms with Gasteiger partial charge in [0.25, 0.3) is 11.6 Å². The van der Waals surface area contributed by atoms with Crippen LogP contribution in [0.3, 0.4) is 0 Å². The van der Waals surface area contributed by atoms with Crippen molar-refractivity contribution in [2.45, 2.75) is 112 Å². The normalized spacial score (nSPS) is 10.9. The van der Waals surface area contributed by atoms with Crippen molar-refractivity contribution in [1.29, 1.82) is 0 Å². The summed E-state index contributed by atoms with van der Waals surface area (Å²) >= 11 is 12.5. The number of esters is 4. The van der Waals surface area contributed by atoms with E-state index >= 15 is 0 Å². The van der Waals surface area contributed by atoms with Crippen molar-refractivity contribution in [2.24, 2.45) is 0 Å². The second kappa shape index (κ2) is 31.8. The van der Waals surface area contributed by atoms with Crippen LogP contribution in [0.25, 0.3) is 0 Å². The van der Waals surface area contributed by atoms with Crippen molar-refractivity contribution < 1.29 is 52.3 Å². The van der Waals surface area contributed by atoms with Crippen molar-refractivity contribution >= 4 is 112 Å². The number of carbonyl (C=O) groups is 4. The molecule has 0 bridgehead atoms. The first-order valence-corrected chi connectivity index (χ1v) is 33.5. The average Bonchev–Trinajstić information content (AvgIpc) is 4.01. The fourth-order valence-corrected chi connectivity index (χ4v) is 7.47. The van der Waals surface area contributed by atoms with E-state index in [9.17, 15) is 19.2 Å². The lowest BCUT2D eigenvalue weighted by atomic mass is 10.6. The third-order valence-corrected chi connectivity index (χ3v) is 14.5. The standard InChI is InChI=1S/3C10H18BrN3O3Si.C4H4BrN3O2.2CH4/c1-16-9(15)8-12-13-10(11)14(8)7-17-5-6-18(2,3)4;1-16-9(15)8-12-10(11)13-14(8)7-17-5-6-18(2,3)4;1-16-9(15)8-12-10(11)14(13-8)7-17-5-6-18(2,3)4;1-10-3(9)2-6-4(5)8-7-2;;/h3*5-7H2,1-4H3;1H3,(H,6,7,8);2*1H4. The van der Waals surface area contributed by atoms with E-state index < -0.39 is 48.1 Å². The summed E-state index contributed by atoms with van der Waals surface area (Å²) in [6, 6.07) is 3.22. The zero-order valence-corrected chi connectivity index (χ0v) is 47.6. The van der Waals surface area contributed by atoms with E-state index in [4.69, 9.17) is 14.2 Å². The molecule has 4 rings (SSSR count). The van der Waals surface area contributed by atoms with Crippen molar-refractivity contribution in [1.82, 2.24) is 59.5 Å². The predicted molar refractivity (Wildman–Crippen MR) is 268 cm³/mol. The Morgan fingerprint density at radius 2 is 0.970 bits per heavy atom. The van der Waals surface area contributed by atoms with Gasteiger partial charge in [0, 0.05) is 44.0 Å². The highest BCUT2D eigenvalue weighted by atomic mass is 79.9. The molecule has 0 aliphatic heterocycles. The van der Waals surface area contributed by atoms with Crippen LogP contribution in [0.5, 0.6) is 0 Å². The Bertz CT molecular complexity index is 2060. The van der Waals surface area contributed by atoms with E-state index in [0.29, 0.717) is 38.8 Å². The molecule has 30 heteroatoms. The van der Waals surface area contributed by atoms with Gasteiger partial charge in [0.15, 0.2) is 9.47 Å². The summed E-state index contributed by atoms with van der Waals surface area (Å²) in [7, 11) is 1.89. The highest BCUT2D eigenvalue weighted by molar-refractivity contribution is 9.11. The van der Waals surface area contributed by atoms with Gasteiger partial charge in [0.1, 0.15) is 20.2 Å². The largest absolute Gasteiger partial charge is 0.463 e. The van der Waals surface area contributed by atoms with Crippen molar-refractivity contribution in [2.75, 3.05) is 48.3 Å². The van der Waals surface area contributed by atoms with Gasteiger partial charge >= 0.3 is 23.9 Å². The lowest BCUT2D eigenvalue weighted by molar-refractivity contribution is 0.0506. The third kappa shape index (κ3) is 26.4. The molecule has 0 spiro atoms. The second-order valence-electron chi connectivity index (χ2n) is 16.6. The monoisotopic (exact) mass is 1240 g/mol. The Balaban J connectivity index is 0. The molecule has 0 fully saturated rings. The molecule has 66 heavy (non-hydrogen) atoms. The number of hydrogen-bond acceptors (Lipinski definition) is 19. The van der Waals surface area contributed by atoms with Crippen molar-refractivity contribution in [3.8, 4) is 0 Å². The number of aromatic nitrogens is 12. The molecule has 23 nitrogen and oxygen atoms in total. The maximum atomic E-state index is 11.4. The first-order valence-electron chi connectivity index (χ1n) is 19.2. The summed E-state index contributed by atoms with van der Waals surface area (Å²) in [5.41, 5.74) is 0. The number of rotatable bonds is 19. The van der Waals surface area contributed by atoms with Crippen LogP contribution in [0, 0.1) is 0 Å². The van der Waals surface area contributed by atoms with E-state index in [2.05, 4.69) is 187 Å². The Kier molecular flexibility index (Phi) is 31.3. The van der Waals surface area contributed by atoms with Crippen LogP contribution in [-0.2, 0) is 53.4 Å². The molecule has 0 aliphatic carbocycles. The fraction of sp³-hybridized carbons (Fsp3) is 0.667. The molecule has 0 aromatic carbocycles. The van der Waals surface area contributed by atoms with Crippen LogP contribution in [0.15, 0.2) is 18.9 Å². The van der Waals surface area contributed by atoms with Crippen LogP contribution in [0.1, 0.15) is 57.3 Å². The summed E-state index contributed by atoms with van der Waals surface area (Å²) in [4.78, 5) is 56.2. The number of halogens is 4. The maximum Gasteiger partial charge on any atom is 0.377 e. The molecular weight excluding hydrogens is 1180 g/mol. The number of nitrogens with one attached hydrogen (secondary N) is 1. The Hall–Kier alpha value is -3.11. The molecule has 0 atom stereocenters. The van der Waals surface area contributed by atoms with Crippen molar-refractivity contribution in [3.63, 3.8) is 0 Å². The van der Waals surface area contributed by atoms with Crippen LogP contribution in [0.2, 0.25) is 77.1 Å². The molecule has 4 aromatic rings. The Morgan fingerprint density at radius 3 is 1.41 bits per heavy atom. The first-order chi connectivity index (χ1) is 29.7. The molecule has 4 heterocycles. The van der Waals surface area contributed by atoms with Crippen molar-refractivity contribution in [3.05, 3.63) is 42.2 Å². The van der Waals surface area contributed by atoms with Gasteiger partial charge in [0.05, 0.1) is 28.4 Å². The average molecular weight is 1250 g/mol. The summed E-state index contributed by atoms with van der Waals surface area (Å²) < 4.78 is 40.8. The zero-order chi connectivity index (χ0) is 48.8. The summed E-state index contributed by atoms with van der Waals surface area (Å²) in [5.74, 6) is -1.84. The second-order valence-corrected chi connectivity index (χ2v) is 36.3. The smallest absolute Gasteiger partial charge is 0.377 e. The highest BCUT2D eigenvalue weighted by Crippen LogP contribution is 2.14. The van der Waals surface area contributed by atoms with Gasteiger partial charge in [-0.2, -0.15) is 15.0 Å². The number of H-pyrrole nitrogens is 1. The molecule has 1 N–H and O–H groups in total. The van der Waals surface area contributed by atoms with E-state index in [1.54, 1.807) is 0 Å². The summed E-state index contributed by atoms with van der Waals surface area (Å²) in [5, 5.41) is 21.5. The highest BCUT2D eigenvalue weighted by Gasteiger charge is 2.21. The van der Waals surface area contributed by atoms with Gasteiger partial charge in [-0.1, -0.05) is 73.8 Å². The number of carbonyl (C=O) groups excluding carboxylic acids is 4. The van der Waals surface area contributed by atoms with Gasteiger partial charge in [-0.05, 0) is 81.9 Å². The SMILES string of the molecule is C.C.COC(=O)c1n[nH]c(Br)n1.COC(=O)c1nc(Br)n(COCC[Si](C)(C)C)n1.COC(=O)c1nc(Br)nn1COCC[Si](C)(C)C.COC(=O)c1nnc(Br)n1COCC[Si](C)(C)C. The van der Waals surface area contributed by atoms with Crippen LogP contribution in [0.4, 0.5) is 0 Å². The lowest BCUT2D eigenvalue weighted by Gasteiger charge is -2.15. The quantitative estimate of drug-likeness (QED) is 0.0402. The minimum atomic E-state index is -1.10. The molecule has 0 unspecified atom stereocenters. The molecular formula is C36H66Br4N12O11Si3. The number of nitrogens with zero attached hydrogens (tertiary/aromatic N) is 11. The summed E-state index contributed by atoms with van der Waals surface area (Å²) in [6.07, 6.45) is 0. The Morgan fingerprint density at radius 1 is 0.530 bits per heavy atom. The predicted octanol–water partition coefficient (Wildman–Crippen LogP) is 8.04. The van der Waals surface area contributed by atoms with Gasteiger partial charge < -0.3 is 33.2 Å². The molecule has 4 aromatic heterocycles. The van der Waals surface area contributed by atoms with E-state index in [1.807, 2.05) is 0 Å². The molecule has 0 radical (unpaired) electrons. The minimum absolute atomic E-state index is 0. The molecule has 0 aliphatic rings. The fourth-order valence-electron chi connectivity index (χ4n) is 3.89. The molecule has 376 valence electrons. The third-order valence-electron chi connectivity index (χ3n) is 7.54. The molecule has 0 saturated carbocycles. The van der Waals surface area contributed by atoms with Gasteiger partial charge in [-0.25, -0.2) is 28.5 Å². The number of methoxy groups -OCH3 is 4. The topological polar surface area (TPSA) is 267 Å². The minimum Gasteiger partial charge on any atom is -0.463 e. The van der Waals surface area contributed by atoms with Crippen LogP contribution in [-0.4, -0.2) is 156 Å². The zero-order valence-electron chi connectivity index (χ0n) is 38.3. The number of hydrogen-bond donors (Lipinski definition) is 1. The summed E-state index contributed by atoms with van der Waals surface area (Å²) in [6.45, 7) is 23.3. The van der Waals surface area contributed by atoms with E-state index in [0.717, 1.165) is 18.1 Å². The number of ether oxygens (including phenoxy) is 7. The van der Waals surface area contributed by atoms with Gasteiger partial charge in [-0.3, -0.25) is 9.67 Å². The Labute approximate surface area is 423 Å². The number of aromatic amines is 1. The lowest BCUT2D eigenvalue weighted by Crippen LogP contribution is -2.22. The van der Waals surface area contributed by atoms with Crippen LogP contribution < -0.4 is 0 Å². The van der Waals surface area contributed by atoms with Crippen LogP contribution >= 0.6 is 63.7 Å². The van der Waals surface area contributed by atoms with Gasteiger partial charge in [-0.15, -0.1) is 25.5 Å².